The monoisotopic (exact) mass is 385 g/mol. The van der Waals surface area contributed by atoms with Gasteiger partial charge in [-0.25, -0.2) is 4.98 Å². The number of carbonyl (C=O) groups is 1. The van der Waals surface area contributed by atoms with Crippen molar-refractivity contribution >= 4 is 47.3 Å². The first kappa shape index (κ1) is 23.0. The Balaban J connectivity index is 0.00000338. The van der Waals surface area contributed by atoms with Crippen LogP contribution in [0.1, 0.15) is 18.4 Å². The van der Waals surface area contributed by atoms with Gasteiger partial charge >= 0.3 is 35.5 Å². The summed E-state index contributed by atoms with van der Waals surface area (Å²) in [6.45, 7) is 5.00. The molecule has 0 saturated heterocycles. The van der Waals surface area contributed by atoms with Crippen molar-refractivity contribution in [3.63, 3.8) is 0 Å². The topological polar surface area (TPSA) is 72.6 Å². The molecule has 1 aromatic carbocycles. The van der Waals surface area contributed by atoms with Crippen molar-refractivity contribution in [3.05, 3.63) is 53.4 Å². The molecular weight excluding hydrogens is 361 g/mol. The fourth-order valence-electron chi connectivity index (χ4n) is 2.17. The van der Waals surface area contributed by atoms with Crippen LogP contribution in [0.5, 0.6) is 0 Å². The quantitative estimate of drug-likeness (QED) is 0.384. The molecule has 0 unspecified atom stereocenters. The molecule has 0 fully saturated rings. The molecule has 0 spiro atoms. The molecule has 0 aliphatic carbocycles. The Kier molecular flexibility index (Phi) is 10.9. The minimum atomic E-state index is -0.787. The summed E-state index contributed by atoms with van der Waals surface area (Å²) in [5.41, 5.74) is 2.98. The van der Waals surface area contributed by atoms with Gasteiger partial charge in [0.05, 0.1) is 24.7 Å². The number of thioether (sulfide) groups is 1. The summed E-state index contributed by atoms with van der Waals surface area (Å²) in [7, 11) is 0. The third kappa shape index (κ3) is 8.10. The Morgan fingerprint density at radius 2 is 2.08 bits per heavy atom. The molecule has 0 aliphatic heterocycles. The Hall–Kier alpha value is -1.05. The number of hydrogen-bond donors (Lipinski definition) is 1. The van der Waals surface area contributed by atoms with E-state index in [1.165, 1.54) is 11.8 Å². The number of nitrogens with zero attached hydrogens (tertiary/aromatic N) is 1. The molecule has 0 aliphatic rings. The van der Waals surface area contributed by atoms with Crippen molar-refractivity contribution < 1.29 is 19.1 Å². The van der Waals surface area contributed by atoms with Gasteiger partial charge in [0.1, 0.15) is 5.76 Å². The zero-order valence-corrected chi connectivity index (χ0v) is 15.3. The van der Waals surface area contributed by atoms with Crippen molar-refractivity contribution in [2.45, 2.75) is 20.3 Å². The molecule has 1 N–H and O–H groups in total. The molecule has 0 radical (unpaired) electrons. The van der Waals surface area contributed by atoms with Crippen molar-refractivity contribution in [2.75, 3.05) is 24.7 Å². The SMILES string of the molecule is C/C(=C\CSCC(=O)O)COCCc1nc(-c2ccccc2)oc1C.[NaH]. The number of rotatable bonds is 10. The fraction of sp³-hybridized carbons (Fsp3) is 0.368. The molecule has 0 atom stereocenters. The zero-order chi connectivity index (χ0) is 18.1. The number of ether oxygens (including phenoxy) is 1. The van der Waals surface area contributed by atoms with Gasteiger partial charge in [-0.2, -0.15) is 0 Å². The molecule has 2 aromatic rings. The van der Waals surface area contributed by atoms with E-state index < -0.39 is 5.97 Å². The molecule has 7 heteroatoms. The summed E-state index contributed by atoms with van der Waals surface area (Å²) in [6, 6.07) is 9.83. The summed E-state index contributed by atoms with van der Waals surface area (Å²) in [5.74, 6) is 1.48. The van der Waals surface area contributed by atoms with Gasteiger partial charge in [0.15, 0.2) is 0 Å². The Bertz CT molecular complexity index is 716. The van der Waals surface area contributed by atoms with E-state index in [0.29, 0.717) is 31.3 Å². The number of aromatic nitrogens is 1. The van der Waals surface area contributed by atoms with Gasteiger partial charge in [-0.3, -0.25) is 4.79 Å². The first-order chi connectivity index (χ1) is 12.1. The summed E-state index contributed by atoms with van der Waals surface area (Å²) in [5, 5.41) is 8.58. The molecule has 2 rings (SSSR count). The summed E-state index contributed by atoms with van der Waals surface area (Å²) >= 11 is 1.37. The van der Waals surface area contributed by atoms with Crippen molar-refractivity contribution in [3.8, 4) is 11.5 Å². The second-order valence-electron chi connectivity index (χ2n) is 5.65. The van der Waals surface area contributed by atoms with Gasteiger partial charge in [-0.15, -0.1) is 11.8 Å². The number of oxazole rings is 1. The maximum absolute atomic E-state index is 10.4. The number of benzene rings is 1. The molecule has 26 heavy (non-hydrogen) atoms. The van der Waals surface area contributed by atoms with Gasteiger partial charge in [0.2, 0.25) is 5.89 Å². The van der Waals surface area contributed by atoms with Crippen LogP contribution in [0.3, 0.4) is 0 Å². The molecule has 0 amide bonds. The van der Waals surface area contributed by atoms with Crippen LogP contribution in [0.25, 0.3) is 11.5 Å². The minimum absolute atomic E-state index is 0. The average molecular weight is 385 g/mol. The van der Waals surface area contributed by atoms with Gasteiger partial charge in [-0.05, 0) is 26.0 Å². The summed E-state index contributed by atoms with van der Waals surface area (Å²) < 4.78 is 11.4. The standard InChI is InChI=1S/C19H23NO4S.Na.H/c1-14(9-11-25-13-18(21)22)12-23-10-8-17-15(2)24-19(20-17)16-6-4-3-5-7-16;;/h3-7,9H,8,10-13H2,1-2H3,(H,21,22);;/b14-9+;;. The van der Waals surface area contributed by atoms with Crippen molar-refractivity contribution in [1.29, 1.82) is 0 Å². The van der Waals surface area contributed by atoms with Gasteiger partial charge in [0, 0.05) is 17.7 Å². The third-order valence-corrected chi connectivity index (χ3v) is 4.35. The molecule has 1 heterocycles. The molecule has 0 saturated carbocycles. The van der Waals surface area contributed by atoms with E-state index in [1.54, 1.807) is 0 Å². The van der Waals surface area contributed by atoms with E-state index in [2.05, 4.69) is 4.98 Å². The summed E-state index contributed by atoms with van der Waals surface area (Å²) in [4.78, 5) is 15.0. The predicted molar refractivity (Wildman–Crippen MR) is 107 cm³/mol. The van der Waals surface area contributed by atoms with E-state index in [4.69, 9.17) is 14.3 Å². The van der Waals surface area contributed by atoms with E-state index in [-0.39, 0.29) is 35.3 Å². The van der Waals surface area contributed by atoms with E-state index in [9.17, 15) is 4.79 Å². The van der Waals surface area contributed by atoms with Crippen LogP contribution in [0.15, 0.2) is 46.4 Å². The van der Waals surface area contributed by atoms with Crippen LogP contribution in [-0.2, 0) is 16.0 Å². The number of hydrogen-bond acceptors (Lipinski definition) is 5. The third-order valence-electron chi connectivity index (χ3n) is 3.50. The van der Waals surface area contributed by atoms with E-state index in [1.807, 2.05) is 50.3 Å². The molecular formula is C19H24NNaO4S. The van der Waals surface area contributed by atoms with E-state index >= 15 is 0 Å². The van der Waals surface area contributed by atoms with Crippen LogP contribution in [0, 0.1) is 6.92 Å². The van der Waals surface area contributed by atoms with Crippen LogP contribution < -0.4 is 0 Å². The molecule has 1 aromatic heterocycles. The average Bonchev–Trinajstić information content (AvgIpc) is 2.97. The molecule has 136 valence electrons. The Morgan fingerprint density at radius 3 is 2.77 bits per heavy atom. The maximum atomic E-state index is 10.4. The summed E-state index contributed by atoms with van der Waals surface area (Å²) in [6.07, 6.45) is 2.70. The number of aryl methyl sites for hydroxylation is 1. The van der Waals surface area contributed by atoms with Gasteiger partial charge in [0.25, 0.3) is 0 Å². The van der Waals surface area contributed by atoms with Gasteiger partial charge in [-0.1, -0.05) is 29.8 Å². The Labute approximate surface area is 180 Å². The molecule has 5 nitrogen and oxygen atoms in total. The number of aliphatic carboxylic acids is 1. The van der Waals surface area contributed by atoms with Crippen molar-refractivity contribution in [1.82, 2.24) is 4.98 Å². The first-order valence-electron chi connectivity index (χ1n) is 8.11. The normalized spacial score (nSPS) is 11.2. The Morgan fingerprint density at radius 1 is 1.35 bits per heavy atom. The number of carboxylic acid groups (broad SMARTS) is 1. The number of carboxylic acids is 1. The van der Waals surface area contributed by atoms with Gasteiger partial charge < -0.3 is 14.3 Å². The zero-order valence-electron chi connectivity index (χ0n) is 14.5. The van der Waals surface area contributed by atoms with Crippen LogP contribution in [-0.4, -0.2) is 70.3 Å². The van der Waals surface area contributed by atoms with Crippen molar-refractivity contribution in [2.24, 2.45) is 0 Å². The fourth-order valence-corrected chi connectivity index (χ4v) is 2.87. The first-order valence-corrected chi connectivity index (χ1v) is 9.26. The van der Waals surface area contributed by atoms with Crippen LogP contribution in [0.2, 0.25) is 0 Å². The second-order valence-corrected chi connectivity index (χ2v) is 6.68. The second kappa shape index (κ2) is 12.4. The van der Waals surface area contributed by atoms with Crippen LogP contribution >= 0.6 is 11.8 Å². The van der Waals surface area contributed by atoms with E-state index in [0.717, 1.165) is 22.6 Å². The predicted octanol–water partition coefficient (Wildman–Crippen LogP) is 3.32. The molecule has 0 bridgehead atoms. The van der Waals surface area contributed by atoms with Crippen LogP contribution in [0.4, 0.5) is 0 Å².